The van der Waals surface area contributed by atoms with E-state index in [1.807, 2.05) is 47.4 Å². The number of carbonyl (C=O) groups is 1. The molecule has 2 aromatic carbocycles. The Bertz CT molecular complexity index is 731. The molecule has 1 saturated heterocycles. The zero-order valence-electron chi connectivity index (χ0n) is 14.9. The van der Waals surface area contributed by atoms with E-state index in [0.717, 1.165) is 48.7 Å². The second-order valence-corrected chi connectivity index (χ2v) is 7.28. The van der Waals surface area contributed by atoms with E-state index in [2.05, 4.69) is 22.0 Å². The molecule has 26 heavy (non-hydrogen) atoms. The van der Waals surface area contributed by atoms with Crippen molar-refractivity contribution in [3.63, 3.8) is 0 Å². The van der Waals surface area contributed by atoms with Gasteiger partial charge in [-0.25, -0.2) is 0 Å². The van der Waals surface area contributed by atoms with Gasteiger partial charge in [0.15, 0.2) is 6.61 Å². The highest BCUT2D eigenvalue weighted by atomic mass is 79.9. The first kappa shape index (κ1) is 18.7. The van der Waals surface area contributed by atoms with E-state index < -0.39 is 0 Å². The Labute approximate surface area is 162 Å². The molecule has 1 heterocycles. The van der Waals surface area contributed by atoms with Gasteiger partial charge in [0.1, 0.15) is 18.0 Å². The standard InChI is InChI=1S/C20H23BrN2O3/c1-25-19-8-7-17(21)13-16(19)14-22-9-11-23(12-10-22)20(24)15-26-18-5-3-2-4-6-18/h2-8,13H,9-12,14-15H2,1H3/p+1. The van der Waals surface area contributed by atoms with Crippen molar-refractivity contribution >= 4 is 21.8 Å². The van der Waals surface area contributed by atoms with E-state index in [0.29, 0.717) is 0 Å². The van der Waals surface area contributed by atoms with Crippen LogP contribution < -0.4 is 14.4 Å². The molecule has 0 aromatic heterocycles. The molecule has 1 fully saturated rings. The molecule has 0 atom stereocenters. The highest BCUT2D eigenvalue weighted by Crippen LogP contribution is 2.22. The number of rotatable bonds is 6. The highest BCUT2D eigenvalue weighted by Gasteiger charge is 2.24. The average molecular weight is 420 g/mol. The summed E-state index contributed by atoms with van der Waals surface area (Å²) in [5, 5.41) is 0. The number of ether oxygens (including phenoxy) is 2. The molecule has 0 unspecified atom stereocenters. The van der Waals surface area contributed by atoms with Crippen LogP contribution in [-0.2, 0) is 11.3 Å². The number of carbonyl (C=O) groups excluding carboxylic acids is 1. The van der Waals surface area contributed by atoms with Crippen LogP contribution in [0.3, 0.4) is 0 Å². The van der Waals surface area contributed by atoms with Gasteiger partial charge in [-0.3, -0.25) is 4.79 Å². The first-order valence-corrected chi connectivity index (χ1v) is 9.56. The van der Waals surface area contributed by atoms with Crippen molar-refractivity contribution in [3.05, 3.63) is 58.6 Å². The Balaban J connectivity index is 1.48. The van der Waals surface area contributed by atoms with Crippen molar-refractivity contribution in [1.29, 1.82) is 0 Å². The maximum atomic E-state index is 12.3. The lowest BCUT2D eigenvalue weighted by atomic mass is 10.1. The second kappa shape index (κ2) is 9.05. The molecule has 6 heteroatoms. The van der Waals surface area contributed by atoms with Crippen molar-refractivity contribution in [2.24, 2.45) is 0 Å². The van der Waals surface area contributed by atoms with Gasteiger partial charge in [-0.05, 0) is 30.3 Å². The van der Waals surface area contributed by atoms with Crippen LogP contribution in [0.2, 0.25) is 0 Å². The van der Waals surface area contributed by atoms with E-state index in [-0.39, 0.29) is 12.5 Å². The first-order valence-electron chi connectivity index (χ1n) is 8.77. The predicted molar refractivity (Wildman–Crippen MR) is 104 cm³/mol. The van der Waals surface area contributed by atoms with E-state index in [1.54, 1.807) is 7.11 Å². The Morgan fingerprint density at radius 1 is 1.15 bits per heavy atom. The summed E-state index contributed by atoms with van der Waals surface area (Å²) in [7, 11) is 1.70. The van der Waals surface area contributed by atoms with Crippen LogP contribution in [0.25, 0.3) is 0 Å². The van der Waals surface area contributed by atoms with Crippen LogP contribution in [0.4, 0.5) is 0 Å². The number of benzene rings is 2. The van der Waals surface area contributed by atoms with Gasteiger partial charge in [-0.2, -0.15) is 0 Å². The van der Waals surface area contributed by atoms with E-state index >= 15 is 0 Å². The maximum Gasteiger partial charge on any atom is 0.260 e. The fraction of sp³-hybridized carbons (Fsp3) is 0.350. The number of hydrogen-bond donors (Lipinski definition) is 1. The topological polar surface area (TPSA) is 43.2 Å². The highest BCUT2D eigenvalue weighted by molar-refractivity contribution is 9.10. The molecule has 0 aliphatic carbocycles. The SMILES string of the molecule is COc1ccc(Br)cc1C[NH+]1CCN(C(=O)COc2ccccc2)CC1. The summed E-state index contributed by atoms with van der Waals surface area (Å²) in [6, 6.07) is 15.5. The number of hydrogen-bond acceptors (Lipinski definition) is 3. The summed E-state index contributed by atoms with van der Waals surface area (Å²) >= 11 is 3.52. The molecule has 0 bridgehead atoms. The normalized spacial score (nSPS) is 14.9. The summed E-state index contributed by atoms with van der Waals surface area (Å²) in [5.41, 5.74) is 1.18. The molecule has 3 rings (SSSR count). The molecular formula is C20H24BrN2O3+. The van der Waals surface area contributed by atoms with Gasteiger partial charge >= 0.3 is 0 Å². The van der Waals surface area contributed by atoms with E-state index in [9.17, 15) is 4.79 Å². The van der Waals surface area contributed by atoms with Gasteiger partial charge in [0, 0.05) is 10.0 Å². The Kier molecular flexibility index (Phi) is 6.52. The Hall–Kier alpha value is -2.05. The number of halogens is 1. The molecule has 5 nitrogen and oxygen atoms in total. The van der Waals surface area contributed by atoms with Crippen LogP contribution in [0.1, 0.15) is 5.56 Å². The van der Waals surface area contributed by atoms with Crippen LogP contribution in [-0.4, -0.2) is 50.7 Å². The van der Waals surface area contributed by atoms with Crippen molar-refractivity contribution in [2.45, 2.75) is 6.54 Å². The van der Waals surface area contributed by atoms with Crippen LogP contribution >= 0.6 is 15.9 Å². The molecule has 0 spiro atoms. The zero-order chi connectivity index (χ0) is 18.4. The summed E-state index contributed by atoms with van der Waals surface area (Å²) in [6.45, 7) is 4.34. The molecular weight excluding hydrogens is 396 g/mol. The third-order valence-corrected chi connectivity index (χ3v) is 5.10. The lowest BCUT2D eigenvalue weighted by Gasteiger charge is -2.32. The van der Waals surface area contributed by atoms with Crippen molar-refractivity contribution in [3.8, 4) is 11.5 Å². The van der Waals surface area contributed by atoms with Gasteiger partial charge < -0.3 is 19.3 Å². The summed E-state index contributed by atoms with van der Waals surface area (Å²) < 4.78 is 12.1. The van der Waals surface area contributed by atoms with Gasteiger partial charge in [-0.15, -0.1) is 0 Å². The van der Waals surface area contributed by atoms with E-state index in [1.165, 1.54) is 10.5 Å². The first-order chi connectivity index (χ1) is 12.7. The van der Waals surface area contributed by atoms with Gasteiger partial charge in [0.05, 0.1) is 33.3 Å². The average Bonchev–Trinajstić information content (AvgIpc) is 2.68. The molecule has 138 valence electrons. The summed E-state index contributed by atoms with van der Waals surface area (Å²) in [6.07, 6.45) is 0. The molecule has 1 N–H and O–H groups in total. The minimum atomic E-state index is 0.0490. The maximum absolute atomic E-state index is 12.3. The number of para-hydroxylation sites is 1. The Morgan fingerprint density at radius 2 is 1.88 bits per heavy atom. The molecule has 0 saturated carbocycles. The molecule has 0 radical (unpaired) electrons. The van der Waals surface area contributed by atoms with Crippen LogP contribution in [0.5, 0.6) is 11.5 Å². The predicted octanol–water partition coefficient (Wildman–Crippen LogP) is 1.76. The van der Waals surface area contributed by atoms with Crippen molar-refractivity contribution in [2.75, 3.05) is 39.9 Å². The lowest BCUT2D eigenvalue weighted by molar-refractivity contribution is -0.917. The van der Waals surface area contributed by atoms with Crippen molar-refractivity contribution < 1.29 is 19.2 Å². The number of nitrogens with one attached hydrogen (secondary N) is 1. The second-order valence-electron chi connectivity index (χ2n) is 6.37. The number of amides is 1. The fourth-order valence-electron chi connectivity index (χ4n) is 3.16. The fourth-order valence-corrected chi connectivity index (χ4v) is 3.57. The Morgan fingerprint density at radius 3 is 2.58 bits per heavy atom. The largest absolute Gasteiger partial charge is 0.496 e. The minimum Gasteiger partial charge on any atom is -0.496 e. The van der Waals surface area contributed by atoms with Crippen molar-refractivity contribution in [1.82, 2.24) is 4.90 Å². The monoisotopic (exact) mass is 419 g/mol. The summed E-state index contributed by atoms with van der Waals surface area (Å²) in [5.74, 6) is 1.69. The minimum absolute atomic E-state index is 0.0490. The quantitative estimate of drug-likeness (QED) is 0.775. The molecule has 1 aliphatic heterocycles. The van der Waals surface area contributed by atoms with E-state index in [4.69, 9.17) is 9.47 Å². The smallest absolute Gasteiger partial charge is 0.260 e. The molecule has 1 aliphatic rings. The number of piperazine rings is 1. The van der Waals surface area contributed by atoms with Crippen LogP contribution in [0.15, 0.2) is 53.0 Å². The summed E-state index contributed by atoms with van der Waals surface area (Å²) in [4.78, 5) is 15.7. The van der Waals surface area contributed by atoms with Gasteiger partial charge in [-0.1, -0.05) is 34.1 Å². The zero-order valence-corrected chi connectivity index (χ0v) is 16.5. The molecule has 2 aromatic rings. The lowest BCUT2D eigenvalue weighted by Crippen LogP contribution is -3.13. The number of quaternary nitrogens is 1. The van der Waals surface area contributed by atoms with Gasteiger partial charge in [0.25, 0.3) is 5.91 Å². The number of nitrogens with zero attached hydrogens (tertiary/aromatic N) is 1. The molecule has 1 amide bonds. The third kappa shape index (κ3) is 4.99. The third-order valence-electron chi connectivity index (χ3n) is 4.61. The number of methoxy groups -OCH3 is 1. The van der Waals surface area contributed by atoms with Crippen LogP contribution in [0, 0.1) is 0 Å². The van der Waals surface area contributed by atoms with Gasteiger partial charge in [0.2, 0.25) is 0 Å².